The van der Waals surface area contributed by atoms with Gasteiger partial charge in [-0.25, -0.2) is 4.99 Å². The molecule has 34 heavy (non-hydrogen) atoms. The van der Waals surface area contributed by atoms with Crippen LogP contribution < -0.4 is 20.1 Å². The first kappa shape index (κ1) is 23.2. The van der Waals surface area contributed by atoms with Gasteiger partial charge in [-0.15, -0.1) is 0 Å². The molecule has 0 amide bonds. The molecule has 0 aromatic heterocycles. The summed E-state index contributed by atoms with van der Waals surface area (Å²) in [6.45, 7) is -5.80. The Hall–Kier alpha value is -4.00. The second kappa shape index (κ2) is 10.3. The fourth-order valence-electron chi connectivity index (χ4n) is 4.03. The highest BCUT2D eigenvalue weighted by atomic mass is 19.3. The number of aliphatic imine (C=N–C) groups is 1. The summed E-state index contributed by atoms with van der Waals surface area (Å²) in [5, 5.41) is 14.8. The van der Waals surface area contributed by atoms with E-state index in [1.165, 1.54) is 24.3 Å². The summed E-state index contributed by atoms with van der Waals surface area (Å²) in [4.78, 5) is 4.61. The van der Waals surface area contributed by atoms with Crippen LogP contribution in [0.2, 0.25) is 0 Å². The molecule has 2 aromatic carbocycles. The van der Waals surface area contributed by atoms with Gasteiger partial charge in [0.25, 0.3) is 0 Å². The number of nitrogens with zero attached hydrogens (tertiary/aromatic N) is 2. The quantitative estimate of drug-likeness (QED) is 0.331. The highest BCUT2D eigenvalue weighted by Gasteiger charge is 2.30. The van der Waals surface area contributed by atoms with Crippen LogP contribution in [-0.4, -0.2) is 19.2 Å². The Morgan fingerprint density at radius 2 is 1.59 bits per heavy atom. The summed E-state index contributed by atoms with van der Waals surface area (Å²) in [5.74, 6) is 0.390. The van der Waals surface area contributed by atoms with Crippen molar-refractivity contribution in [3.05, 3.63) is 76.5 Å². The molecule has 0 saturated heterocycles. The first-order chi connectivity index (χ1) is 16.4. The van der Waals surface area contributed by atoms with Gasteiger partial charge < -0.3 is 14.8 Å². The van der Waals surface area contributed by atoms with Gasteiger partial charge in [-0.3, -0.25) is 5.32 Å². The first-order valence-corrected chi connectivity index (χ1v) is 10.5. The number of hydrogen-bond donors (Lipinski definition) is 2. The van der Waals surface area contributed by atoms with Crippen molar-refractivity contribution in [2.45, 2.75) is 38.5 Å². The Labute approximate surface area is 193 Å². The summed E-state index contributed by atoms with van der Waals surface area (Å²) in [7, 11) is 0. The van der Waals surface area contributed by atoms with Gasteiger partial charge in [-0.05, 0) is 71.9 Å². The van der Waals surface area contributed by atoms with E-state index in [-0.39, 0.29) is 17.5 Å². The lowest BCUT2D eigenvalue weighted by atomic mass is 9.84. The van der Waals surface area contributed by atoms with Crippen LogP contribution >= 0.6 is 0 Å². The number of hydrogen-bond acceptors (Lipinski definition) is 6. The van der Waals surface area contributed by atoms with Crippen molar-refractivity contribution >= 4 is 12.0 Å². The van der Waals surface area contributed by atoms with E-state index in [0.29, 0.717) is 0 Å². The van der Waals surface area contributed by atoms with Crippen LogP contribution in [0.1, 0.15) is 36.4 Å². The van der Waals surface area contributed by atoms with Crippen molar-refractivity contribution in [2.24, 2.45) is 4.99 Å². The topological polar surface area (TPSA) is 78.7 Å². The van der Waals surface area contributed by atoms with Crippen LogP contribution in [0.5, 0.6) is 11.5 Å². The lowest BCUT2D eigenvalue weighted by Gasteiger charge is -2.32. The Bertz CT molecular complexity index is 1150. The predicted molar refractivity (Wildman–Crippen MR) is 117 cm³/mol. The number of ether oxygens (including phenoxy) is 2. The largest absolute Gasteiger partial charge is 0.435 e. The van der Waals surface area contributed by atoms with Gasteiger partial charge in [0.15, 0.2) is 6.19 Å². The van der Waals surface area contributed by atoms with Crippen LogP contribution in [-0.2, 0) is 0 Å². The average molecular weight is 472 g/mol. The van der Waals surface area contributed by atoms with Crippen LogP contribution in [0, 0.1) is 11.5 Å². The summed E-state index contributed by atoms with van der Waals surface area (Å²) in [6, 6.07) is 12.2. The molecule has 1 heterocycles. The minimum Gasteiger partial charge on any atom is -0.435 e. The first-order valence-electron chi connectivity index (χ1n) is 10.5. The molecule has 1 aliphatic carbocycles. The molecule has 2 aromatic rings. The van der Waals surface area contributed by atoms with Crippen LogP contribution in [0.15, 0.2) is 70.4 Å². The predicted octanol–water partition coefficient (Wildman–Crippen LogP) is 5.48. The molecule has 2 aliphatic rings. The molecule has 0 spiro atoms. The molecular weight excluding hydrogens is 452 g/mol. The molecule has 4 rings (SSSR count). The van der Waals surface area contributed by atoms with E-state index >= 15 is 0 Å². The lowest BCUT2D eigenvalue weighted by Crippen LogP contribution is -2.39. The number of benzene rings is 2. The van der Waals surface area contributed by atoms with E-state index < -0.39 is 19.3 Å². The van der Waals surface area contributed by atoms with Crippen molar-refractivity contribution in [1.29, 1.82) is 5.26 Å². The van der Waals surface area contributed by atoms with E-state index in [1.54, 1.807) is 24.3 Å². The van der Waals surface area contributed by atoms with Crippen molar-refractivity contribution in [1.82, 2.24) is 10.6 Å². The van der Waals surface area contributed by atoms with E-state index in [1.807, 2.05) is 12.3 Å². The van der Waals surface area contributed by atoms with Gasteiger partial charge in [0, 0.05) is 5.70 Å². The monoisotopic (exact) mass is 472 g/mol. The van der Waals surface area contributed by atoms with Crippen molar-refractivity contribution < 1.29 is 27.0 Å². The maximum absolute atomic E-state index is 12.5. The van der Waals surface area contributed by atoms with Gasteiger partial charge in [-0.2, -0.15) is 22.8 Å². The number of guanidine groups is 1. The molecular formula is C24H20F4N4O2. The minimum atomic E-state index is -2.91. The molecule has 2 N–H and O–H groups in total. The zero-order valence-electron chi connectivity index (χ0n) is 17.8. The van der Waals surface area contributed by atoms with Gasteiger partial charge in [0.1, 0.15) is 17.5 Å². The molecule has 1 aliphatic heterocycles. The molecule has 0 radical (unpaired) electrons. The number of halogens is 4. The summed E-state index contributed by atoms with van der Waals surface area (Å²) in [6.07, 6.45) is 6.17. The molecule has 0 fully saturated rings. The second-order valence-corrected chi connectivity index (χ2v) is 7.56. The fraction of sp³-hybridized carbons (Fsp3) is 0.250. The van der Waals surface area contributed by atoms with E-state index in [2.05, 4.69) is 25.1 Å². The Morgan fingerprint density at radius 1 is 0.971 bits per heavy atom. The standard InChI is InChI=1S/C24H20F4N4O2/c25-22(26)33-17-8-4-14(5-9-17)12-16-2-1-3-19-20(31-24(30-13-29)32-21(16)19)15-6-10-18(11-7-15)34-23(27)28/h4-12,20,22-23H,1-3H2,(H2,30,31,32)/b16-12-. The maximum atomic E-state index is 12.5. The average Bonchev–Trinajstić information content (AvgIpc) is 2.80. The molecule has 0 bridgehead atoms. The van der Waals surface area contributed by atoms with Crippen molar-refractivity contribution in [3.8, 4) is 17.7 Å². The minimum absolute atomic E-state index is 0.0461. The van der Waals surface area contributed by atoms with Crippen LogP contribution in [0.25, 0.3) is 6.08 Å². The smallest absolute Gasteiger partial charge is 0.387 e. The van der Waals surface area contributed by atoms with Gasteiger partial charge in [0.05, 0.1) is 0 Å². The SMILES string of the molecule is N#CNC1=NC(c2ccc(OC(F)F)cc2)C2=C(N1)/C(=C\c1ccc(OC(F)F)cc1)CCC2. The summed E-state index contributed by atoms with van der Waals surface area (Å²) < 4.78 is 58.6. The number of alkyl halides is 4. The summed E-state index contributed by atoms with van der Waals surface area (Å²) in [5.41, 5.74) is 4.36. The van der Waals surface area contributed by atoms with Gasteiger partial charge in [0.2, 0.25) is 5.96 Å². The number of rotatable bonds is 6. The van der Waals surface area contributed by atoms with Crippen LogP contribution in [0.3, 0.4) is 0 Å². The van der Waals surface area contributed by atoms with E-state index in [4.69, 9.17) is 5.26 Å². The molecule has 6 nitrogen and oxygen atoms in total. The second-order valence-electron chi connectivity index (χ2n) is 7.56. The zero-order chi connectivity index (χ0) is 24.1. The van der Waals surface area contributed by atoms with Crippen molar-refractivity contribution in [3.63, 3.8) is 0 Å². The summed E-state index contributed by atoms with van der Waals surface area (Å²) >= 11 is 0. The molecule has 1 atom stereocenters. The lowest BCUT2D eigenvalue weighted by molar-refractivity contribution is -0.0505. The van der Waals surface area contributed by atoms with Crippen LogP contribution in [0.4, 0.5) is 17.6 Å². The normalized spacial score (nSPS) is 18.8. The third-order valence-corrected chi connectivity index (χ3v) is 5.41. The third-order valence-electron chi connectivity index (χ3n) is 5.41. The molecule has 10 heteroatoms. The zero-order valence-corrected chi connectivity index (χ0v) is 17.8. The van der Waals surface area contributed by atoms with E-state index in [9.17, 15) is 17.6 Å². The Kier molecular flexibility index (Phi) is 7.01. The number of nitriles is 1. The number of nitrogens with one attached hydrogen (secondary N) is 2. The Balaban J connectivity index is 1.66. The van der Waals surface area contributed by atoms with Crippen molar-refractivity contribution in [2.75, 3.05) is 0 Å². The Morgan fingerprint density at radius 3 is 2.18 bits per heavy atom. The highest BCUT2D eigenvalue weighted by Crippen LogP contribution is 2.41. The molecule has 1 unspecified atom stereocenters. The molecule has 176 valence electrons. The van der Waals surface area contributed by atoms with E-state index in [0.717, 1.165) is 47.2 Å². The maximum Gasteiger partial charge on any atom is 0.387 e. The number of allylic oxidation sites excluding steroid dienone is 1. The van der Waals surface area contributed by atoms with Gasteiger partial charge >= 0.3 is 13.2 Å². The third kappa shape index (κ3) is 5.49. The molecule has 0 saturated carbocycles. The highest BCUT2D eigenvalue weighted by molar-refractivity contribution is 5.86. The van der Waals surface area contributed by atoms with Gasteiger partial charge in [-0.1, -0.05) is 24.3 Å². The fourth-order valence-corrected chi connectivity index (χ4v) is 4.03.